The molecule has 0 bridgehead atoms. The molecule has 3 nitrogen and oxygen atoms in total. The van der Waals surface area contributed by atoms with Crippen LogP contribution < -0.4 is 5.73 Å². The number of hydrogen-bond acceptors (Lipinski definition) is 2. The lowest BCUT2D eigenvalue weighted by Gasteiger charge is -2.22. The zero-order valence-electron chi connectivity index (χ0n) is 10.4. The second-order valence-corrected chi connectivity index (χ2v) is 5.14. The maximum atomic E-state index is 6.32. The molecule has 1 saturated carbocycles. The average Bonchev–Trinajstić information content (AvgIpc) is 2.86. The minimum atomic E-state index is 0.312. The van der Waals surface area contributed by atoms with Crippen molar-refractivity contribution < 1.29 is 0 Å². The Labute approximate surface area is 98.0 Å². The van der Waals surface area contributed by atoms with Gasteiger partial charge in [-0.25, -0.2) is 0 Å². The first-order valence-corrected chi connectivity index (χ1v) is 6.47. The number of aromatic nitrogens is 2. The van der Waals surface area contributed by atoms with Gasteiger partial charge in [0.2, 0.25) is 0 Å². The van der Waals surface area contributed by atoms with Gasteiger partial charge in [-0.1, -0.05) is 19.8 Å². The van der Waals surface area contributed by atoms with Crippen molar-refractivity contribution in [3.63, 3.8) is 0 Å². The molecule has 3 atom stereocenters. The lowest BCUT2D eigenvalue weighted by Crippen LogP contribution is -2.33. The van der Waals surface area contributed by atoms with Gasteiger partial charge in [0, 0.05) is 18.8 Å². The third kappa shape index (κ3) is 2.46. The predicted molar refractivity (Wildman–Crippen MR) is 66.1 cm³/mol. The van der Waals surface area contributed by atoms with E-state index in [-0.39, 0.29) is 0 Å². The fourth-order valence-corrected chi connectivity index (χ4v) is 2.92. The summed E-state index contributed by atoms with van der Waals surface area (Å²) in [6, 6.07) is 0.312. The molecule has 1 aromatic heterocycles. The first-order valence-electron chi connectivity index (χ1n) is 6.47. The quantitative estimate of drug-likeness (QED) is 0.847. The molecule has 1 aromatic rings. The molecule has 2 rings (SSSR count). The molecule has 1 aliphatic carbocycles. The van der Waals surface area contributed by atoms with E-state index in [1.54, 1.807) is 0 Å². The minimum Gasteiger partial charge on any atom is -0.327 e. The number of hydrogen-bond donors (Lipinski definition) is 1. The molecule has 2 N–H and O–H groups in total. The standard InChI is InChI=1S/C13H23N3/c1-3-16-9-11(8-15-16)7-13(14)12-6-4-5-10(12)2/h8-10,12-13H,3-7,14H2,1-2H3. The van der Waals surface area contributed by atoms with Crippen molar-refractivity contribution in [1.82, 2.24) is 9.78 Å². The van der Waals surface area contributed by atoms with Gasteiger partial charge in [0.05, 0.1) is 6.20 Å². The number of nitrogens with zero attached hydrogens (tertiary/aromatic N) is 2. The zero-order valence-corrected chi connectivity index (χ0v) is 10.4. The van der Waals surface area contributed by atoms with Crippen LogP contribution in [-0.2, 0) is 13.0 Å². The molecule has 3 heteroatoms. The van der Waals surface area contributed by atoms with Crippen molar-refractivity contribution >= 4 is 0 Å². The van der Waals surface area contributed by atoms with E-state index < -0.39 is 0 Å². The van der Waals surface area contributed by atoms with Crippen LogP contribution in [0.25, 0.3) is 0 Å². The average molecular weight is 221 g/mol. The van der Waals surface area contributed by atoms with E-state index in [1.165, 1.54) is 24.8 Å². The summed E-state index contributed by atoms with van der Waals surface area (Å²) >= 11 is 0. The van der Waals surface area contributed by atoms with E-state index in [0.717, 1.165) is 18.9 Å². The van der Waals surface area contributed by atoms with Gasteiger partial charge >= 0.3 is 0 Å². The van der Waals surface area contributed by atoms with Crippen LogP contribution in [0.3, 0.4) is 0 Å². The van der Waals surface area contributed by atoms with Crippen molar-refractivity contribution in [2.45, 2.75) is 52.1 Å². The fourth-order valence-electron chi connectivity index (χ4n) is 2.92. The summed E-state index contributed by atoms with van der Waals surface area (Å²) in [4.78, 5) is 0. The highest BCUT2D eigenvalue weighted by Crippen LogP contribution is 2.33. The molecule has 0 aliphatic heterocycles. The van der Waals surface area contributed by atoms with Crippen LogP contribution in [0.2, 0.25) is 0 Å². The molecular weight excluding hydrogens is 198 g/mol. The smallest absolute Gasteiger partial charge is 0.0522 e. The van der Waals surface area contributed by atoms with Gasteiger partial charge in [0.25, 0.3) is 0 Å². The Morgan fingerprint density at radius 2 is 2.38 bits per heavy atom. The molecule has 0 aromatic carbocycles. The molecule has 90 valence electrons. The van der Waals surface area contributed by atoms with Crippen molar-refractivity contribution in [2.75, 3.05) is 0 Å². The third-order valence-electron chi connectivity index (χ3n) is 3.96. The predicted octanol–water partition coefficient (Wildman–Crippen LogP) is 2.21. The molecule has 16 heavy (non-hydrogen) atoms. The minimum absolute atomic E-state index is 0.312. The van der Waals surface area contributed by atoms with Gasteiger partial charge < -0.3 is 5.73 Å². The maximum absolute atomic E-state index is 6.32. The zero-order chi connectivity index (χ0) is 11.5. The molecule has 1 heterocycles. The van der Waals surface area contributed by atoms with E-state index in [0.29, 0.717) is 12.0 Å². The molecule has 0 amide bonds. The molecule has 1 aliphatic rings. The first-order chi connectivity index (χ1) is 7.70. The topological polar surface area (TPSA) is 43.8 Å². The third-order valence-corrected chi connectivity index (χ3v) is 3.96. The fraction of sp³-hybridized carbons (Fsp3) is 0.769. The highest BCUT2D eigenvalue weighted by atomic mass is 15.3. The summed E-state index contributed by atoms with van der Waals surface area (Å²) in [5.74, 6) is 1.51. The van der Waals surface area contributed by atoms with Crippen molar-refractivity contribution in [3.05, 3.63) is 18.0 Å². The highest BCUT2D eigenvalue weighted by molar-refractivity contribution is 5.07. The summed E-state index contributed by atoms with van der Waals surface area (Å²) < 4.78 is 1.97. The summed E-state index contributed by atoms with van der Waals surface area (Å²) in [5, 5.41) is 4.29. The summed E-state index contributed by atoms with van der Waals surface area (Å²) in [7, 11) is 0. The SMILES string of the molecule is CCn1cc(CC(N)C2CCCC2C)cn1. The van der Waals surface area contributed by atoms with E-state index in [1.807, 2.05) is 10.9 Å². The second-order valence-electron chi connectivity index (χ2n) is 5.14. The van der Waals surface area contributed by atoms with E-state index in [4.69, 9.17) is 5.73 Å². The highest BCUT2D eigenvalue weighted by Gasteiger charge is 2.28. The first kappa shape index (κ1) is 11.6. The van der Waals surface area contributed by atoms with Crippen LogP contribution in [0.1, 0.15) is 38.7 Å². The van der Waals surface area contributed by atoms with Crippen LogP contribution in [0, 0.1) is 11.8 Å². The molecule has 0 radical (unpaired) electrons. The van der Waals surface area contributed by atoms with Crippen LogP contribution >= 0.6 is 0 Å². The lowest BCUT2D eigenvalue weighted by molar-refractivity contribution is 0.343. The van der Waals surface area contributed by atoms with Gasteiger partial charge in [0.15, 0.2) is 0 Å². The Morgan fingerprint density at radius 3 is 2.94 bits per heavy atom. The summed E-state index contributed by atoms with van der Waals surface area (Å²) in [6.45, 7) is 5.39. The van der Waals surface area contributed by atoms with E-state index >= 15 is 0 Å². The number of aryl methyl sites for hydroxylation is 1. The van der Waals surface area contributed by atoms with Crippen molar-refractivity contribution in [3.8, 4) is 0 Å². The summed E-state index contributed by atoms with van der Waals surface area (Å²) in [5.41, 5.74) is 7.60. The van der Waals surface area contributed by atoms with Crippen LogP contribution in [0.15, 0.2) is 12.4 Å². The molecule has 0 saturated heterocycles. The Hall–Kier alpha value is -0.830. The van der Waals surface area contributed by atoms with Gasteiger partial charge in [-0.05, 0) is 37.2 Å². The number of nitrogens with two attached hydrogens (primary N) is 1. The second kappa shape index (κ2) is 5.00. The van der Waals surface area contributed by atoms with Crippen LogP contribution in [0.4, 0.5) is 0 Å². The van der Waals surface area contributed by atoms with Crippen LogP contribution in [0.5, 0.6) is 0 Å². The molecular formula is C13H23N3. The van der Waals surface area contributed by atoms with Crippen LogP contribution in [-0.4, -0.2) is 15.8 Å². The van der Waals surface area contributed by atoms with Crippen molar-refractivity contribution in [2.24, 2.45) is 17.6 Å². The summed E-state index contributed by atoms with van der Waals surface area (Å²) in [6.07, 6.45) is 9.09. The Balaban J connectivity index is 1.93. The number of rotatable bonds is 4. The normalized spacial score (nSPS) is 27.2. The Morgan fingerprint density at radius 1 is 1.56 bits per heavy atom. The lowest BCUT2D eigenvalue weighted by atomic mass is 9.88. The van der Waals surface area contributed by atoms with Gasteiger partial charge in [0.1, 0.15) is 0 Å². The molecule has 3 unspecified atom stereocenters. The Kier molecular flexibility index (Phi) is 3.64. The Bertz CT molecular complexity index is 332. The largest absolute Gasteiger partial charge is 0.327 e. The van der Waals surface area contributed by atoms with Gasteiger partial charge in [-0.2, -0.15) is 5.10 Å². The van der Waals surface area contributed by atoms with Gasteiger partial charge in [-0.15, -0.1) is 0 Å². The van der Waals surface area contributed by atoms with E-state index in [2.05, 4.69) is 25.1 Å². The van der Waals surface area contributed by atoms with E-state index in [9.17, 15) is 0 Å². The molecule has 0 spiro atoms. The monoisotopic (exact) mass is 221 g/mol. The van der Waals surface area contributed by atoms with Crippen molar-refractivity contribution in [1.29, 1.82) is 0 Å². The molecule has 1 fully saturated rings. The maximum Gasteiger partial charge on any atom is 0.0522 e. The van der Waals surface area contributed by atoms with Gasteiger partial charge in [-0.3, -0.25) is 4.68 Å².